The van der Waals surface area contributed by atoms with Gasteiger partial charge in [0.2, 0.25) is 5.96 Å². The van der Waals surface area contributed by atoms with Gasteiger partial charge in [0, 0.05) is 12.2 Å². The van der Waals surface area contributed by atoms with Crippen molar-refractivity contribution in [2.45, 2.75) is 58.0 Å². The number of amides is 1. The number of rotatable bonds is 9. The van der Waals surface area contributed by atoms with Crippen LogP contribution in [0.3, 0.4) is 0 Å². The lowest BCUT2D eigenvalue weighted by Crippen LogP contribution is -2.43. The summed E-state index contributed by atoms with van der Waals surface area (Å²) in [5.74, 6) is 0.923. The molecule has 37 heavy (non-hydrogen) atoms. The number of nitrogens with one attached hydrogen (secondary N) is 1. The monoisotopic (exact) mass is 501 g/mol. The second-order valence-corrected chi connectivity index (χ2v) is 9.67. The first-order chi connectivity index (χ1) is 17.9. The number of halogens is 1. The molecule has 1 saturated carbocycles. The van der Waals surface area contributed by atoms with E-state index in [2.05, 4.69) is 17.2 Å². The Morgan fingerprint density at radius 1 is 1.24 bits per heavy atom. The third-order valence-corrected chi connectivity index (χ3v) is 6.65. The molecule has 3 aromatic rings. The van der Waals surface area contributed by atoms with Gasteiger partial charge in [-0.2, -0.15) is 0 Å². The van der Waals surface area contributed by atoms with Crippen molar-refractivity contribution in [2.75, 3.05) is 7.11 Å². The molecular formula is C29H32FN5O2. The Bertz CT molecular complexity index is 1340. The van der Waals surface area contributed by atoms with Crippen molar-refractivity contribution in [3.63, 3.8) is 0 Å². The summed E-state index contributed by atoms with van der Waals surface area (Å²) in [6.07, 6.45) is 9.96. The first-order valence-electron chi connectivity index (χ1n) is 12.8. The quantitative estimate of drug-likeness (QED) is 0.418. The van der Waals surface area contributed by atoms with E-state index in [-0.39, 0.29) is 23.8 Å². The van der Waals surface area contributed by atoms with E-state index in [1.807, 2.05) is 42.0 Å². The fourth-order valence-electron chi connectivity index (χ4n) is 4.63. The topological polar surface area (TPSA) is 71.8 Å². The molecule has 2 fully saturated rings. The standard InChI is InChI=1S/C29H32FN5O2/c1-4-5-24(14-20-6-9-22(30)10-7-20)35-28(36)25(33-29(35)32-23-11-12-23)15-21-8-13-26(27(16-21)37-3)34-17-19(2)31-18-34/h6-10,13,15-18,23-24H,4-5,11-12,14H2,1-3H3,(H,32,33)/b25-15-. The molecular weight excluding hydrogens is 469 g/mol. The second kappa shape index (κ2) is 10.6. The summed E-state index contributed by atoms with van der Waals surface area (Å²) in [6, 6.07) is 12.5. The van der Waals surface area contributed by atoms with E-state index in [1.165, 1.54) is 12.1 Å². The number of aliphatic imine (C=N–C) groups is 1. The van der Waals surface area contributed by atoms with E-state index in [1.54, 1.807) is 30.5 Å². The Morgan fingerprint density at radius 2 is 2.03 bits per heavy atom. The Hall–Kier alpha value is -3.94. The van der Waals surface area contributed by atoms with Crippen LogP contribution in [0.1, 0.15) is 49.4 Å². The van der Waals surface area contributed by atoms with Gasteiger partial charge in [-0.05, 0) is 74.1 Å². The number of guanidine groups is 1. The number of hydrogen-bond acceptors (Lipinski definition) is 4. The minimum atomic E-state index is -0.263. The van der Waals surface area contributed by atoms with Gasteiger partial charge in [0.1, 0.15) is 17.3 Å². The van der Waals surface area contributed by atoms with Gasteiger partial charge in [0.05, 0.1) is 30.9 Å². The molecule has 1 amide bonds. The third-order valence-electron chi connectivity index (χ3n) is 6.65. The first-order valence-corrected chi connectivity index (χ1v) is 12.8. The highest BCUT2D eigenvalue weighted by Crippen LogP contribution is 2.29. The molecule has 1 saturated heterocycles. The number of aryl methyl sites for hydroxylation is 1. The summed E-state index contributed by atoms with van der Waals surface area (Å²) in [7, 11) is 1.63. The van der Waals surface area contributed by atoms with Gasteiger partial charge in [-0.25, -0.2) is 14.4 Å². The van der Waals surface area contributed by atoms with Crippen LogP contribution in [-0.4, -0.2) is 45.5 Å². The molecule has 192 valence electrons. The van der Waals surface area contributed by atoms with Crippen LogP contribution in [0.4, 0.5) is 4.39 Å². The summed E-state index contributed by atoms with van der Waals surface area (Å²) in [6.45, 7) is 4.04. The molecule has 7 nitrogen and oxygen atoms in total. The van der Waals surface area contributed by atoms with E-state index in [4.69, 9.17) is 9.73 Å². The van der Waals surface area contributed by atoms with E-state index in [9.17, 15) is 9.18 Å². The molecule has 1 aliphatic carbocycles. The maximum Gasteiger partial charge on any atom is 0.277 e. The molecule has 8 heteroatoms. The molecule has 2 heterocycles. The Balaban J connectivity index is 1.45. The predicted octanol–water partition coefficient (Wildman–Crippen LogP) is 5.03. The molecule has 5 rings (SSSR count). The summed E-state index contributed by atoms with van der Waals surface area (Å²) in [5.41, 5.74) is 4.10. The van der Waals surface area contributed by atoms with Gasteiger partial charge in [-0.15, -0.1) is 0 Å². The summed E-state index contributed by atoms with van der Waals surface area (Å²) >= 11 is 0. The van der Waals surface area contributed by atoms with Crippen LogP contribution < -0.4 is 10.1 Å². The zero-order valence-electron chi connectivity index (χ0n) is 21.4. The minimum Gasteiger partial charge on any atom is -0.495 e. The molecule has 0 bridgehead atoms. The molecule has 1 aromatic heterocycles. The van der Waals surface area contributed by atoms with Crippen molar-refractivity contribution in [1.82, 2.24) is 19.8 Å². The summed E-state index contributed by atoms with van der Waals surface area (Å²) in [4.78, 5) is 24.7. The van der Waals surface area contributed by atoms with E-state index < -0.39 is 0 Å². The van der Waals surface area contributed by atoms with Crippen molar-refractivity contribution >= 4 is 17.9 Å². The maximum atomic E-state index is 13.7. The zero-order valence-corrected chi connectivity index (χ0v) is 21.4. The highest BCUT2D eigenvalue weighted by molar-refractivity contribution is 6.15. The number of ether oxygens (including phenoxy) is 1. The van der Waals surface area contributed by atoms with Gasteiger partial charge in [0.25, 0.3) is 5.91 Å². The molecule has 0 spiro atoms. The van der Waals surface area contributed by atoms with Crippen LogP contribution >= 0.6 is 0 Å². The molecule has 1 unspecified atom stereocenters. The van der Waals surface area contributed by atoms with E-state index >= 15 is 0 Å². The average Bonchev–Trinajstić information content (AvgIpc) is 3.52. The van der Waals surface area contributed by atoms with Crippen LogP contribution in [0, 0.1) is 12.7 Å². The van der Waals surface area contributed by atoms with Crippen LogP contribution in [0.25, 0.3) is 11.8 Å². The molecule has 2 aliphatic rings. The van der Waals surface area contributed by atoms with Gasteiger partial charge >= 0.3 is 0 Å². The predicted molar refractivity (Wildman–Crippen MR) is 142 cm³/mol. The van der Waals surface area contributed by atoms with Gasteiger partial charge in [0.15, 0.2) is 0 Å². The Kier molecular flexibility index (Phi) is 7.08. The lowest BCUT2D eigenvalue weighted by atomic mass is 10.0. The van der Waals surface area contributed by atoms with Gasteiger partial charge in [-0.3, -0.25) is 9.69 Å². The fourth-order valence-corrected chi connectivity index (χ4v) is 4.63. The van der Waals surface area contributed by atoms with Crippen molar-refractivity contribution in [2.24, 2.45) is 4.99 Å². The Morgan fingerprint density at radius 3 is 2.68 bits per heavy atom. The Labute approximate surface area is 216 Å². The molecule has 2 aromatic carbocycles. The van der Waals surface area contributed by atoms with Gasteiger partial charge in [-0.1, -0.05) is 31.5 Å². The van der Waals surface area contributed by atoms with Crippen molar-refractivity contribution in [3.8, 4) is 11.4 Å². The first kappa shape index (κ1) is 24.7. The lowest BCUT2D eigenvalue weighted by Gasteiger charge is -2.27. The summed E-state index contributed by atoms with van der Waals surface area (Å²) in [5, 5.41) is 3.30. The number of nitrogens with zero attached hydrogens (tertiary/aromatic N) is 4. The third kappa shape index (κ3) is 5.58. The van der Waals surface area contributed by atoms with E-state index in [0.29, 0.717) is 23.8 Å². The SMILES string of the molecule is CCCC(Cc1ccc(F)cc1)N1C(=O)/C(=C/c2ccc(-n3cnc(C)c3)c(OC)c2)NC1=NC1CC1. The molecule has 1 N–H and O–H groups in total. The molecule has 1 aliphatic heterocycles. The fraction of sp³-hybridized carbons (Fsp3) is 0.345. The van der Waals surface area contributed by atoms with Gasteiger partial charge < -0.3 is 14.6 Å². The van der Waals surface area contributed by atoms with Crippen LogP contribution in [0.15, 0.2) is 65.7 Å². The highest BCUT2D eigenvalue weighted by Gasteiger charge is 2.38. The van der Waals surface area contributed by atoms with Crippen LogP contribution in [-0.2, 0) is 11.2 Å². The average molecular weight is 502 g/mol. The number of benzene rings is 2. The molecule has 0 radical (unpaired) electrons. The smallest absolute Gasteiger partial charge is 0.277 e. The van der Waals surface area contributed by atoms with E-state index in [0.717, 1.165) is 48.2 Å². The summed E-state index contributed by atoms with van der Waals surface area (Å²) < 4.78 is 21.0. The largest absolute Gasteiger partial charge is 0.495 e. The number of hydrogen-bond donors (Lipinski definition) is 1. The highest BCUT2D eigenvalue weighted by atomic mass is 19.1. The van der Waals surface area contributed by atoms with Crippen LogP contribution in [0.2, 0.25) is 0 Å². The van der Waals surface area contributed by atoms with Crippen molar-refractivity contribution in [3.05, 3.63) is 83.3 Å². The maximum absolute atomic E-state index is 13.7. The van der Waals surface area contributed by atoms with Crippen molar-refractivity contribution in [1.29, 1.82) is 0 Å². The minimum absolute atomic E-state index is 0.0831. The molecule has 1 atom stereocenters. The van der Waals surface area contributed by atoms with Crippen LogP contribution in [0.5, 0.6) is 5.75 Å². The number of imidazole rings is 1. The lowest BCUT2D eigenvalue weighted by molar-refractivity contribution is -0.124. The number of aromatic nitrogens is 2. The number of methoxy groups -OCH3 is 1. The number of carbonyl (C=O) groups is 1. The number of carbonyl (C=O) groups excluding carboxylic acids is 1. The van der Waals surface area contributed by atoms with Crippen molar-refractivity contribution < 1.29 is 13.9 Å². The normalized spacial score (nSPS) is 18.5. The zero-order chi connectivity index (χ0) is 25.9. The second-order valence-electron chi connectivity index (χ2n) is 9.67.